The van der Waals surface area contributed by atoms with Crippen LogP contribution in [0.5, 0.6) is 5.75 Å². The first-order chi connectivity index (χ1) is 17.0. The molecule has 1 aliphatic rings. The number of hydrogen-bond donors (Lipinski definition) is 3. The molecule has 0 fully saturated rings. The number of carbonyl (C=O) groups excluding carboxylic acids is 2. The molecule has 178 valence electrons. The Morgan fingerprint density at radius 2 is 1.80 bits per heavy atom. The zero-order valence-electron chi connectivity index (χ0n) is 19.7. The van der Waals surface area contributed by atoms with Crippen LogP contribution in [0.1, 0.15) is 24.0 Å². The molecule has 1 aliphatic heterocycles. The van der Waals surface area contributed by atoms with Crippen molar-refractivity contribution in [3.63, 3.8) is 0 Å². The second kappa shape index (κ2) is 9.64. The molecule has 35 heavy (non-hydrogen) atoms. The van der Waals surface area contributed by atoms with Gasteiger partial charge in [-0.1, -0.05) is 42.5 Å². The van der Waals surface area contributed by atoms with E-state index in [4.69, 9.17) is 4.74 Å². The number of methoxy groups -OCH3 is 1. The second-order valence-corrected chi connectivity index (χ2v) is 8.73. The SMILES string of the molecule is COc1ccc(C(CNC(C)C(=O)N2CC(=O)Nc3ccccc32)c2c[nH]c3ccccc23)cc1. The topological polar surface area (TPSA) is 86.5 Å². The maximum atomic E-state index is 13.4. The second-order valence-electron chi connectivity index (χ2n) is 8.73. The Bertz CT molecular complexity index is 1360. The van der Waals surface area contributed by atoms with Gasteiger partial charge in [-0.05, 0) is 48.4 Å². The standard InChI is InChI=1S/C28H28N4O3/c1-18(28(34)32-17-27(33)31-25-9-5-6-10-26(25)32)29-15-22(19-11-13-20(35-2)14-12-19)23-16-30-24-8-4-3-7-21(23)24/h3-14,16,18,22,29-30H,15,17H2,1-2H3,(H,31,33). The van der Waals surface area contributed by atoms with Crippen LogP contribution in [0.4, 0.5) is 11.4 Å². The molecular weight excluding hydrogens is 440 g/mol. The normalized spacial score (nSPS) is 14.8. The molecule has 2 unspecified atom stereocenters. The third-order valence-corrected chi connectivity index (χ3v) is 6.55. The van der Waals surface area contributed by atoms with Gasteiger partial charge in [-0.3, -0.25) is 14.5 Å². The number of nitrogens with zero attached hydrogens (tertiary/aromatic N) is 1. The van der Waals surface area contributed by atoms with Gasteiger partial charge in [-0.25, -0.2) is 0 Å². The van der Waals surface area contributed by atoms with E-state index in [2.05, 4.69) is 39.9 Å². The molecule has 7 heteroatoms. The van der Waals surface area contributed by atoms with Crippen molar-refractivity contribution in [3.8, 4) is 5.75 Å². The highest BCUT2D eigenvalue weighted by Crippen LogP contribution is 2.32. The van der Waals surface area contributed by atoms with Gasteiger partial charge >= 0.3 is 0 Å². The molecule has 0 saturated carbocycles. The molecule has 0 aliphatic carbocycles. The van der Waals surface area contributed by atoms with Crippen molar-refractivity contribution >= 4 is 34.1 Å². The molecule has 2 amide bonds. The number of aromatic amines is 1. The number of ether oxygens (including phenoxy) is 1. The summed E-state index contributed by atoms with van der Waals surface area (Å²) in [6.07, 6.45) is 2.04. The Hall–Kier alpha value is -4.10. The van der Waals surface area contributed by atoms with E-state index in [1.165, 1.54) is 0 Å². The first-order valence-electron chi connectivity index (χ1n) is 11.7. The van der Waals surface area contributed by atoms with Gasteiger partial charge < -0.3 is 20.4 Å². The number of hydrogen-bond acceptors (Lipinski definition) is 4. The molecule has 3 N–H and O–H groups in total. The fourth-order valence-electron chi connectivity index (χ4n) is 4.67. The Balaban J connectivity index is 1.40. The molecule has 7 nitrogen and oxygen atoms in total. The third-order valence-electron chi connectivity index (χ3n) is 6.55. The lowest BCUT2D eigenvalue weighted by atomic mass is 9.90. The predicted molar refractivity (Wildman–Crippen MR) is 138 cm³/mol. The van der Waals surface area contributed by atoms with E-state index >= 15 is 0 Å². The minimum absolute atomic E-state index is 0.00393. The molecule has 3 aromatic carbocycles. The summed E-state index contributed by atoms with van der Waals surface area (Å²) >= 11 is 0. The Kier molecular flexibility index (Phi) is 6.25. The van der Waals surface area contributed by atoms with E-state index in [9.17, 15) is 9.59 Å². The van der Waals surface area contributed by atoms with E-state index < -0.39 is 6.04 Å². The van der Waals surface area contributed by atoms with E-state index in [1.54, 1.807) is 12.0 Å². The highest BCUT2D eigenvalue weighted by atomic mass is 16.5. The zero-order valence-corrected chi connectivity index (χ0v) is 19.7. The van der Waals surface area contributed by atoms with Crippen LogP contribution in [-0.4, -0.2) is 43.0 Å². The van der Waals surface area contributed by atoms with Crippen molar-refractivity contribution < 1.29 is 14.3 Å². The van der Waals surface area contributed by atoms with Gasteiger partial charge in [0.15, 0.2) is 0 Å². The molecule has 4 aromatic rings. The highest BCUT2D eigenvalue weighted by Gasteiger charge is 2.30. The minimum atomic E-state index is -0.486. The van der Waals surface area contributed by atoms with Crippen molar-refractivity contribution in [1.29, 1.82) is 0 Å². The lowest BCUT2D eigenvalue weighted by Gasteiger charge is -2.31. The van der Waals surface area contributed by atoms with Crippen LogP contribution in [0.2, 0.25) is 0 Å². The monoisotopic (exact) mass is 468 g/mol. The number of anilines is 2. The number of H-pyrrole nitrogens is 1. The quantitative estimate of drug-likeness (QED) is 0.378. The van der Waals surface area contributed by atoms with Gasteiger partial charge in [0.25, 0.3) is 0 Å². The van der Waals surface area contributed by atoms with Crippen molar-refractivity contribution in [1.82, 2.24) is 10.3 Å². The molecule has 0 radical (unpaired) electrons. The number of rotatable bonds is 7. The van der Waals surface area contributed by atoms with Crippen molar-refractivity contribution in [3.05, 3.63) is 90.1 Å². The lowest BCUT2D eigenvalue weighted by molar-refractivity contribution is -0.123. The summed E-state index contributed by atoms with van der Waals surface area (Å²) in [5, 5.41) is 7.42. The molecule has 0 saturated heterocycles. The number of nitrogens with one attached hydrogen (secondary N) is 3. The number of carbonyl (C=O) groups is 2. The van der Waals surface area contributed by atoms with Crippen molar-refractivity contribution in [2.45, 2.75) is 18.9 Å². The van der Waals surface area contributed by atoms with Crippen LogP contribution >= 0.6 is 0 Å². The summed E-state index contributed by atoms with van der Waals surface area (Å²) in [5.74, 6) is 0.466. The number of amides is 2. The van der Waals surface area contributed by atoms with Gasteiger partial charge in [0.05, 0.1) is 24.5 Å². The number of para-hydroxylation sites is 3. The zero-order chi connectivity index (χ0) is 24.4. The van der Waals surface area contributed by atoms with Gasteiger partial charge in [0.2, 0.25) is 11.8 Å². The van der Waals surface area contributed by atoms with Crippen LogP contribution in [-0.2, 0) is 9.59 Å². The maximum Gasteiger partial charge on any atom is 0.244 e. The van der Waals surface area contributed by atoms with Gasteiger partial charge in [-0.2, -0.15) is 0 Å². The van der Waals surface area contributed by atoms with Crippen LogP contribution in [0.25, 0.3) is 10.9 Å². The highest BCUT2D eigenvalue weighted by molar-refractivity contribution is 6.11. The molecule has 5 rings (SSSR count). The summed E-state index contributed by atoms with van der Waals surface area (Å²) < 4.78 is 5.34. The van der Waals surface area contributed by atoms with Gasteiger partial charge in [0, 0.05) is 29.6 Å². The van der Waals surface area contributed by atoms with Gasteiger partial charge in [0.1, 0.15) is 12.3 Å². The summed E-state index contributed by atoms with van der Waals surface area (Å²) in [6, 6.07) is 23.1. The fourth-order valence-corrected chi connectivity index (χ4v) is 4.67. The predicted octanol–water partition coefficient (Wildman–Crippen LogP) is 4.27. The van der Waals surface area contributed by atoms with Crippen LogP contribution < -0.4 is 20.3 Å². The van der Waals surface area contributed by atoms with Crippen molar-refractivity contribution in [2.75, 3.05) is 30.4 Å². The van der Waals surface area contributed by atoms with Crippen molar-refractivity contribution in [2.24, 2.45) is 0 Å². The molecule has 1 aromatic heterocycles. The van der Waals surface area contributed by atoms with Crippen LogP contribution in [0, 0.1) is 0 Å². The Labute approximate surface area is 204 Å². The number of benzene rings is 3. The van der Waals surface area contributed by atoms with Gasteiger partial charge in [-0.15, -0.1) is 0 Å². The lowest BCUT2D eigenvalue weighted by Crippen LogP contribution is -2.50. The maximum absolute atomic E-state index is 13.4. The molecule has 2 heterocycles. The minimum Gasteiger partial charge on any atom is -0.497 e. The number of aromatic nitrogens is 1. The average molecular weight is 469 g/mol. The molecule has 0 spiro atoms. The van der Waals surface area contributed by atoms with Crippen LogP contribution in [0.3, 0.4) is 0 Å². The fraction of sp³-hybridized carbons (Fsp3) is 0.214. The third kappa shape index (κ3) is 4.50. The first-order valence-corrected chi connectivity index (χ1v) is 11.7. The summed E-state index contributed by atoms with van der Waals surface area (Å²) in [6.45, 7) is 2.40. The average Bonchev–Trinajstić information content (AvgIpc) is 3.32. The summed E-state index contributed by atoms with van der Waals surface area (Å²) in [4.78, 5) is 30.5. The summed E-state index contributed by atoms with van der Waals surface area (Å²) in [5.41, 5.74) is 4.71. The Morgan fingerprint density at radius 3 is 2.60 bits per heavy atom. The number of fused-ring (bicyclic) bond motifs is 2. The van der Waals surface area contributed by atoms with E-state index in [-0.39, 0.29) is 24.3 Å². The largest absolute Gasteiger partial charge is 0.497 e. The Morgan fingerprint density at radius 1 is 1.06 bits per heavy atom. The van der Waals surface area contributed by atoms with Crippen LogP contribution in [0.15, 0.2) is 79.0 Å². The molecular formula is C28H28N4O3. The smallest absolute Gasteiger partial charge is 0.244 e. The van der Waals surface area contributed by atoms with E-state index in [0.29, 0.717) is 17.9 Å². The molecule has 2 atom stereocenters. The van der Waals surface area contributed by atoms with E-state index in [1.807, 2.05) is 61.7 Å². The first kappa shape index (κ1) is 22.7. The van der Waals surface area contributed by atoms with E-state index in [0.717, 1.165) is 27.8 Å². The molecule has 0 bridgehead atoms. The summed E-state index contributed by atoms with van der Waals surface area (Å²) in [7, 11) is 1.65.